The summed E-state index contributed by atoms with van der Waals surface area (Å²) in [6.45, 7) is 0. The molecular weight excluding hydrogens is 224 g/mol. The number of rotatable bonds is 3. The minimum absolute atomic E-state index is 0.00169. The average Bonchev–Trinajstić information content (AvgIpc) is 1.99. The van der Waals surface area contributed by atoms with Crippen LogP contribution in [0.25, 0.3) is 0 Å². The highest BCUT2D eigenvalue weighted by atomic mass is 32.2. The molecule has 15 heavy (non-hydrogen) atoms. The van der Waals surface area contributed by atoms with Crippen LogP contribution in [-0.2, 0) is 9.84 Å². The molecule has 0 heterocycles. The maximum absolute atomic E-state index is 13.2. The van der Waals surface area contributed by atoms with E-state index in [0.29, 0.717) is 6.07 Å². The fourth-order valence-electron chi connectivity index (χ4n) is 1.22. The molecule has 0 amide bonds. The maximum atomic E-state index is 13.2. The van der Waals surface area contributed by atoms with Gasteiger partial charge in [0.1, 0.15) is 21.5 Å². The molecule has 0 radical (unpaired) electrons. The van der Waals surface area contributed by atoms with Crippen molar-refractivity contribution < 1.29 is 17.2 Å². The lowest BCUT2D eigenvalue weighted by atomic mass is 10.1. The molecular formula is C9H11F2NO2S. The Kier molecular flexibility index (Phi) is 3.41. The van der Waals surface area contributed by atoms with Crippen molar-refractivity contribution in [1.29, 1.82) is 0 Å². The third-order valence-electron chi connectivity index (χ3n) is 1.84. The Morgan fingerprint density at radius 3 is 2.47 bits per heavy atom. The van der Waals surface area contributed by atoms with Gasteiger partial charge in [-0.15, -0.1) is 0 Å². The van der Waals surface area contributed by atoms with Gasteiger partial charge in [-0.3, -0.25) is 0 Å². The van der Waals surface area contributed by atoms with Crippen LogP contribution in [0.15, 0.2) is 18.2 Å². The molecule has 2 N–H and O–H groups in total. The molecule has 3 nitrogen and oxygen atoms in total. The summed E-state index contributed by atoms with van der Waals surface area (Å²) in [5.41, 5.74) is 5.49. The lowest BCUT2D eigenvalue weighted by molar-refractivity contribution is 0.558. The largest absolute Gasteiger partial charge is 0.323 e. The molecule has 0 saturated heterocycles. The first-order valence-corrected chi connectivity index (χ1v) is 6.24. The monoisotopic (exact) mass is 235 g/mol. The van der Waals surface area contributed by atoms with Gasteiger partial charge in [-0.05, 0) is 6.07 Å². The molecule has 0 fully saturated rings. The zero-order chi connectivity index (χ0) is 11.6. The number of halogens is 2. The highest BCUT2D eigenvalue weighted by Crippen LogP contribution is 2.17. The van der Waals surface area contributed by atoms with Crippen molar-refractivity contribution >= 4 is 9.84 Å². The van der Waals surface area contributed by atoms with E-state index in [1.54, 1.807) is 0 Å². The summed E-state index contributed by atoms with van der Waals surface area (Å²) in [4.78, 5) is 0. The van der Waals surface area contributed by atoms with Gasteiger partial charge in [0.2, 0.25) is 0 Å². The first-order chi connectivity index (χ1) is 6.79. The lowest BCUT2D eigenvalue weighted by Crippen LogP contribution is -2.21. The molecule has 0 saturated carbocycles. The Balaban J connectivity index is 2.97. The van der Waals surface area contributed by atoms with E-state index in [1.807, 2.05) is 0 Å². The molecule has 0 spiro atoms. The quantitative estimate of drug-likeness (QED) is 0.850. The molecule has 1 aromatic rings. The van der Waals surface area contributed by atoms with Crippen LogP contribution in [0.5, 0.6) is 0 Å². The second-order valence-corrected chi connectivity index (χ2v) is 5.55. The minimum atomic E-state index is -3.28. The van der Waals surface area contributed by atoms with Crippen molar-refractivity contribution in [3.8, 4) is 0 Å². The topological polar surface area (TPSA) is 60.2 Å². The Labute approximate surface area is 86.8 Å². The number of hydrogen-bond acceptors (Lipinski definition) is 3. The summed E-state index contributed by atoms with van der Waals surface area (Å²) >= 11 is 0. The Morgan fingerprint density at radius 2 is 2.00 bits per heavy atom. The normalized spacial score (nSPS) is 13.9. The fraction of sp³-hybridized carbons (Fsp3) is 0.333. The van der Waals surface area contributed by atoms with Gasteiger partial charge in [-0.1, -0.05) is 6.07 Å². The molecule has 0 aliphatic heterocycles. The van der Waals surface area contributed by atoms with E-state index in [4.69, 9.17) is 5.73 Å². The third kappa shape index (κ3) is 3.56. The van der Waals surface area contributed by atoms with Crippen LogP contribution >= 0.6 is 0 Å². The molecule has 0 aliphatic carbocycles. The van der Waals surface area contributed by atoms with Crippen molar-refractivity contribution in [1.82, 2.24) is 0 Å². The van der Waals surface area contributed by atoms with Gasteiger partial charge in [0.15, 0.2) is 0 Å². The van der Waals surface area contributed by atoms with Gasteiger partial charge in [0.05, 0.1) is 5.75 Å². The van der Waals surface area contributed by atoms with Gasteiger partial charge in [0, 0.05) is 23.9 Å². The van der Waals surface area contributed by atoms with Crippen LogP contribution in [0.1, 0.15) is 11.6 Å². The standard InChI is InChI=1S/C9H11F2NO2S/c1-15(13,14)5-9(12)7-3-2-6(10)4-8(7)11/h2-4,9H,5,12H2,1H3. The van der Waals surface area contributed by atoms with Gasteiger partial charge in [-0.25, -0.2) is 17.2 Å². The van der Waals surface area contributed by atoms with Gasteiger partial charge < -0.3 is 5.73 Å². The summed E-state index contributed by atoms with van der Waals surface area (Å²) in [6.07, 6.45) is 1.01. The second kappa shape index (κ2) is 4.24. The number of benzene rings is 1. The van der Waals surface area contributed by atoms with Crippen LogP contribution in [0.2, 0.25) is 0 Å². The predicted octanol–water partition coefficient (Wildman–Crippen LogP) is 1.01. The first-order valence-electron chi connectivity index (χ1n) is 4.18. The van der Waals surface area contributed by atoms with Gasteiger partial charge in [-0.2, -0.15) is 0 Å². The molecule has 0 aromatic heterocycles. The summed E-state index contributed by atoms with van der Waals surface area (Å²) in [6, 6.07) is 1.90. The van der Waals surface area contributed by atoms with Crippen molar-refractivity contribution in [3.63, 3.8) is 0 Å². The van der Waals surface area contributed by atoms with E-state index in [1.165, 1.54) is 0 Å². The van der Waals surface area contributed by atoms with Gasteiger partial charge in [0.25, 0.3) is 0 Å². The molecule has 1 rings (SSSR count). The number of hydrogen-bond donors (Lipinski definition) is 1. The summed E-state index contributed by atoms with van der Waals surface area (Å²) in [5.74, 6) is -1.91. The van der Waals surface area contributed by atoms with Crippen LogP contribution < -0.4 is 5.73 Å². The lowest BCUT2D eigenvalue weighted by Gasteiger charge is -2.11. The summed E-state index contributed by atoms with van der Waals surface area (Å²) < 4.78 is 47.5. The van der Waals surface area contributed by atoms with E-state index in [0.717, 1.165) is 18.4 Å². The zero-order valence-electron chi connectivity index (χ0n) is 8.07. The number of nitrogens with two attached hydrogens (primary N) is 1. The zero-order valence-corrected chi connectivity index (χ0v) is 8.89. The van der Waals surface area contributed by atoms with E-state index < -0.39 is 27.5 Å². The predicted molar refractivity (Wildman–Crippen MR) is 53.0 cm³/mol. The SMILES string of the molecule is CS(=O)(=O)CC(N)c1ccc(F)cc1F. The maximum Gasteiger partial charge on any atom is 0.149 e. The number of sulfone groups is 1. The molecule has 6 heteroatoms. The Morgan fingerprint density at radius 1 is 1.40 bits per heavy atom. The molecule has 0 bridgehead atoms. The van der Waals surface area contributed by atoms with Crippen molar-refractivity contribution in [3.05, 3.63) is 35.4 Å². The third-order valence-corrected chi connectivity index (χ3v) is 2.81. The fourth-order valence-corrected chi connectivity index (χ4v) is 2.05. The second-order valence-electron chi connectivity index (χ2n) is 3.36. The van der Waals surface area contributed by atoms with Crippen LogP contribution in [0.3, 0.4) is 0 Å². The summed E-state index contributed by atoms with van der Waals surface area (Å²) in [5, 5.41) is 0. The Hall–Kier alpha value is -1.01. The molecule has 0 aliphatic rings. The average molecular weight is 235 g/mol. The molecule has 1 atom stereocenters. The van der Waals surface area contributed by atoms with Gasteiger partial charge >= 0.3 is 0 Å². The molecule has 1 unspecified atom stereocenters. The smallest absolute Gasteiger partial charge is 0.149 e. The van der Waals surface area contributed by atoms with Crippen molar-refractivity contribution in [2.45, 2.75) is 6.04 Å². The van der Waals surface area contributed by atoms with Crippen molar-refractivity contribution in [2.24, 2.45) is 5.73 Å². The minimum Gasteiger partial charge on any atom is -0.323 e. The van der Waals surface area contributed by atoms with E-state index in [2.05, 4.69) is 0 Å². The van der Waals surface area contributed by atoms with E-state index in [-0.39, 0.29) is 11.3 Å². The van der Waals surface area contributed by atoms with E-state index in [9.17, 15) is 17.2 Å². The van der Waals surface area contributed by atoms with Crippen LogP contribution in [0, 0.1) is 11.6 Å². The van der Waals surface area contributed by atoms with Crippen LogP contribution in [-0.4, -0.2) is 20.4 Å². The highest BCUT2D eigenvalue weighted by Gasteiger charge is 2.16. The molecule has 84 valence electrons. The highest BCUT2D eigenvalue weighted by molar-refractivity contribution is 7.90. The Bertz CT molecular complexity index is 459. The summed E-state index contributed by atoms with van der Waals surface area (Å²) in [7, 11) is -3.28. The first kappa shape index (κ1) is 12.1. The van der Waals surface area contributed by atoms with E-state index >= 15 is 0 Å². The van der Waals surface area contributed by atoms with Crippen molar-refractivity contribution in [2.75, 3.05) is 12.0 Å². The van der Waals surface area contributed by atoms with Crippen LogP contribution in [0.4, 0.5) is 8.78 Å². The molecule has 1 aromatic carbocycles.